The molecule has 0 spiro atoms. The quantitative estimate of drug-likeness (QED) is 0.153. The van der Waals surface area contributed by atoms with Crippen molar-refractivity contribution in [2.45, 2.75) is 6.18 Å². The molecule has 12 aromatic rings. The van der Waals surface area contributed by atoms with Crippen molar-refractivity contribution in [3.05, 3.63) is 218 Å². The van der Waals surface area contributed by atoms with Gasteiger partial charge >= 0.3 is 6.18 Å². The molecule has 0 fully saturated rings. The second kappa shape index (κ2) is 13.8. The molecule has 0 saturated carbocycles. The van der Waals surface area contributed by atoms with Crippen molar-refractivity contribution >= 4 is 65.2 Å². The zero-order chi connectivity index (χ0) is 41.5. The van der Waals surface area contributed by atoms with Crippen LogP contribution in [0.3, 0.4) is 0 Å². The fourth-order valence-electron chi connectivity index (χ4n) is 9.88. The average molecular weight is 805 g/mol. The summed E-state index contributed by atoms with van der Waals surface area (Å²) in [6.07, 6.45) is -4.50. The standard InChI is InChI=1S/C57H35F3N2/c58-57(59,60)49-22-10-13-25-54(49)62-51-24-12-9-17-42(51)48-35-39(29-33-53(48)62)38-28-32-52-47(34-38)41-16-8-11-23-50(41)61(52)40-30-26-37(27-31-40)56-45-20-6-4-18-43(45)55(36-14-2-1-3-15-36)44-19-5-7-21-46(44)56/h1-35H. The highest BCUT2D eigenvalue weighted by atomic mass is 19.4. The predicted octanol–water partition coefficient (Wildman–Crippen LogP) is 16.2. The van der Waals surface area contributed by atoms with Crippen LogP contribution in [-0.4, -0.2) is 9.13 Å². The summed E-state index contributed by atoms with van der Waals surface area (Å²) in [5.41, 5.74) is 11.0. The number of aromatic nitrogens is 2. The van der Waals surface area contributed by atoms with E-state index in [1.165, 1.54) is 44.3 Å². The van der Waals surface area contributed by atoms with Crippen LogP contribution in [0, 0.1) is 0 Å². The van der Waals surface area contributed by atoms with Crippen LogP contribution in [0.1, 0.15) is 5.56 Å². The SMILES string of the molecule is FC(F)(F)c1ccccc1-n1c2ccccc2c2cc(-c3ccc4c(c3)c3ccccc3n4-c3ccc(-c4c5ccccc5c(-c5ccccc5)c5ccccc45)cc3)ccc21. The number of rotatable bonds is 5. The molecular weight excluding hydrogens is 770 g/mol. The zero-order valence-corrected chi connectivity index (χ0v) is 33.2. The third-order valence-electron chi connectivity index (χ3n) is 12.5. The van der Waals surface area contributed by atoms with Crippen LogP contribution in [0.15, 0.2) is 212 Å². The van der Waals surface area contributed by atoms with Crippen LogP contribution in [0.4, 0.5) is 13.2 Å². The first kappa shape index (κ1) is 36.0. The Balaban J connectivity index is 0.985. The Kier molecular flexibility index (Phi) is 8.03. The van der Waals surface area contributed by atoms with Crippen LogP contribution >= 0.6 is 0 Å². The third kappa shape index (κ3) is 5.51. The lowest BCUT2D eigenvalue weighted by molar-refractivity contribution is -0.137. The highest BCUT2D eigenvalue weighted by molar-refractivity contribution is 6.21. The molecular formula is C57H35F3N2. The highest BCUT2D eigenvalue weighted by Crippen LogP contribution is 2.45. The number of fused-ring (bicyclic) bond motifs is 8. The van der Waals surface area contributed by atoms with Gasteiger partial charge in [-0.3, -0.25) is 0 Å². The number of hydrogen-bond acceptors (Lipinski definition) is 0. The van der Waals surface area contributed by atoms with Crippen LogP contribution in [0.25, 0.3) is 110 Å². The molecule has 0 bridgehead atoms. The average Bonchev–Trinajstić information content (AvgIpc) is 3.83. The lowest BCUT2D eigenvalue weighted by Crippen LogP contribution is -2.10. The maximum atomic E-state index is 14.3. The number of para-hydroxylation sites is 3. The summed E-state index contributed by atoms with van der Waals surface area (Å²) in [6, 6.07) is 71.8. The van der Waals surface area contributed by atoms with Crippen molar-refractivity contribution in [3.63, 3.8) is 0 Å². The minimum Gasteiger partial charge on any atom is -0.309 e. The molecule has 0 unspecified atom stereocenters. The van der Waals surface area contributed by atoms with E-state index in [0.29, 0.717) is 0 Å². The molecule has 0 amide bonds. The first-order chi connectivity index (χ1) is 30.4. The Labute approximate surface area is 355 Å². The molecule has 0 radical (unpaired) electrons. The number of hydrogen-bond donors (Lipinski definition) is 0. The summed E-state index contributed by atoms with van der Waals surface area (Å²) in [7, 11) is 0. The number of nitrogens with zero attached hydrogens (tertiary/aromatic N) is 2. The lowest BCUT2D eigenvalue weighted by atomic mass is 9.86. The monoisotopic (exact) mass is 804 g/mol. The van der Waals surface area contributed by atoms with E-state index < -0.39 is 11.7 Å². The van der Waals surface area contributed by atoms with Crippen LogP contribution in [-0.2, 0) is 6.18 Å². The lowest BCUT2D eigenvalue weighted by Gasteiger charge is -2.18. The zero-order valence-electron chi connectivity index (χ0n) is 33.2. The first-order valence-corrected chi connectivity index (χ1v) is 20.8. The van der Waals surface area contributed by atoms with Gasteiger partial charge in [0, 0.05) is 27.2 Å². The smallest absolute Gasteiger partial charge is 0.309 e. The molecule has 10 aromatic carbocycles. The molecule has 12 rings (SSSR count). The summed E-state index contributed by atoms with van der Waals surface area (Å²) < 4.78 is 47.0. The number of benzene rings is 10. The van der Waals surface area contributed by atoms with Crippen molar-refractivity contribution in [3.8, 4) is 44.8 Å². The molecule has 0 saturated heterocycles. The van der Waals surface area contributed by atoms with Crippen molar-refractivity contribution in [1.82, 2.24) is 9.13 Å². The van der Waals surface area contributed by atoms with Crippen molar-refractivity contribution in [2.24, 2.45) is 0 Å². The highest BCUT2D eigenvalue weighted by Gasteiger charge is 2.34. The Bertz CT molecular complexity index is 3670. The Hall–Kier alpha value is -7.89. The van der Waals surface area contributed by atoms with Gasteiger partial charge in [-0.1, -0.05) is 152 Å². The van der Waals surface area contributed by atoms with Crippen molar-refractivity contribution < 1.29 is 13.2 Å². The molecule has 0 N–H and O–H groups in total. The van der Waals surface area contributed by atoms with Gasteiger partial charge < -0.3 is 9.13 Å². The van der Waals surface area contributed by atoms with Gasteiger partial charge in [0.15, 0.2) is 0 Å². The number of halogens is 3. The Morgan fingerprint density at radius 1 is 0.290 bits per heavy atom. The molecule has 2 aromatic heterocycles. The summed E-state index contributed by atoms with van der Waals surface area (Å²) >= 11 is 0. The predicted molar refractivity (Wildman–Crippen MR) is 251 cm³/mol. The van der Waals surface area contributed by atoms with E-state index in [1.54, 1.807) is 16.7 Å². The van der Waals surface area contributed by atoms with E-state index >= 15 is 0 Å². The first-order valence-electron chi connectivity index (χ1n) is 20.8. The molecule has 0 aliphatic carbocycles. The molecule has 0 aliphatic rings. The molecule has 5 heteroatoms. The second-order valence-corrected chi connectivity index (χ2v) is 15.9. The topological polar surface area (TPSA) is 9.86 Å². The molecule has 62 heavy (non-hydrogen) atoms. The molecule has 2 heterocycles. The Morgan fingerprint density at radius 2 is 0.677 bits per heavy atom. The van der Waals surface area contributed by atoms with Gasteiger partial charge in [0.2, 0.25) is 0 Å². The van der Waals surface area contributed by atoms with Gasteiger partial charge in [-0.15, -0.1) is 0 Å². The number of alkyl halides is 3. The van der Waals surface area contributed by atoms with Crippen molar-refractivity contribution in [2.75, 3.05) is 0 Å². The normalized spacial score (nSPS) is 12.1. The van der Waals surface area contributed by atoms with Gasteiger partial charge in [-0.05, 0) is 116 Å². The van der Waals surface area contributed by atoms with E-state index in [-0.39, 0.29) is 5.69 Å². The van der Waals surface area contributed by atoms with Crippen LogP contribution < -0.4 is 0 Å². The maximum absolute atomic E-state index is 14.3. The fourth-order valence-corrected chi connectivity index (χ4v) is 9.88. The van der Waals surface area contributed by atoms with E-state index in [0.717, 1.165) is 72.1 Å². The third-order valence-corrected chi connectivity index (χ3v) is 12.5. The summed E-state index contributed by atoms with van der Waals surface area (Å²) in [5, 5.41) is 8.95. The molecule has 0 atom stereocenters. The second-order valence-electron chi connectivity index (χ2n) is 15.9. The minimum atomic E-state index is -4.50. The van der Waals surface area contributed by atoms with E-state index in [4.69, 9.17) is 0 Å². The minimum absolute atomic E-state index is 0.115. The fraction of sp³-hybridized carbons (Fsp3) is 0.0175. The molecule has 0 aliphatic heterocycles. The van der Waals surface area contributed by atoms with Gasteiger partial charge in [0.25, 0.3) is 0 Å². The van der Waals surface area contributed by atoms with Crippen LogP contribution in [0.2, 0.25) is 0 Å². The van der Waals surface area contributed by atoms with Gasteiger partial charge in [-0.25, -0.2) is 0 Å². The van der Waals surface area contributed by atoms with Crippen LogP contribution in [0.5, 0.6) is 0 Å². The summed E-state index contributed by atoms with van der Waals surface area (Å²) in [4.78, 5) is 0. The van der Waals surface area contributed by atoms with Gasteiger partial charge in [0.1, 0.15) is 0 Å². The van der Waals surface area contributed by atoms with Crippen molar-refractivity contribution in [1.29, 1.82) is 0 Å². The van der Waals surface area contributed by atoms with E-state index in [9.17, 15) is 13.2 Å². The van der Waals surface area contributed by atoms with E-state index in [2.05, 4.69) is 156 Å². The molecule has 2 nitrogen and oxygen atoms in total. The largest absolute Gasteiger partial charge is 0.418 e. The Morgan fingerprint density at radius 3 is 1.21 bits per heavy atom. The summed E-state index contributed by atoms with van der Waals surface area (Å²) in [6.45, 7) is 0. The van der Waals surface area contributed by atoms with Gasteiger partial charge in [-0.2, -0.15) is 13.2 Å². The molecule has 294 valence electrons. The van der Waals surface area contributed by atoms with E-state index in [1.807, 2.05) is 36.4 Å². The maximum Gasteiger partial charge on any atom is 0.418 e. The van der Waals surface area contributed by atoms with Gasteiger partial charge in [0.05, 0.1) is 33.3 Å². The summed E-state index contributed by atoms with van der Waals surface area (Å²) in [5.74, 6) is 0.